The summed E-state index contributed by atoms with van der Waals surface area (Å²) in [5.41, 5.74) is 1.44. The first-order valence-electron chi connectivity index (χ1n) is 11.8. The molecular weight excluding hydrogens is 520 g/mol. The van der Waals surface area contributed by atoms with Crippen molar-refractivity contribution in [1.82, 2.24) is 4.98 Å². The van der Waals surface area contributed by atoms with Gasteiger partial charge in [0.1, 0.15) is 11.5 Å². The van der Waals surface area contributed by atoms with E-state index in [2.05, 4.69) is 11.6 Å². The van der Waals surface area contributed by atoms with E-state index < -0.39 is 29.5 Å². The number of thiazole rings is 1. The lowest BCUT2D eigenvalue weighted by molar-refractivity contribution is -0.117. The van der Waals surface area contributed by atoms with Crippen molar-refractivity contribution in [1.29, 1.82) is 0 Å². The minimum absolute atomic E-state index is 0.0111. The molecule has 0 spiro atoms. The van der Waals surface area contributed by atoms with Gasteiger partial charge in [-0.1, -0.05) is 66.5 Å². The van der Waals surface area contributed by atoms with Crippen molar-refractivity contribution in [2.45, 2.75) is 13.0 Å². The quantitative estimate of drug-likeness (QED) is 0.215. The lowest BCUT2D eigenvalue weighted by atomic mass is 9.95. The van der Waals surface area contributed by atoms with E-state index in [-0.39, 0.29) is 22.2 Å². The molecule has 1 aliphatic heterocycles. The molecule has 1 amide bonds. The Morgan fingerprint density at radius 1 is 1.13 bits per heavy atom. The van der Waals surface area contributed by atoms with Crippen molar-refractivity contribution >= 4 is 40.2 Å². The number of allylic oxidation sites excluding steroid dienone is 1. The van der Waals surface area contributed by atoms with Crippen LogP contribution >= 0.6 is 11.3 Å². The Kier molecular flexibility index (Phi) is 8.26. The summed E-state index contributed by atoms with van der Waals surface area (Å²) in [4.78, 5) is 45.3. The highest BCUT2D eigenvalue weighted by molar-refractivity contribution is 7.17. The van der Waals surface area contributed by atoms with Gasteiger partial charge in [0.05, 0.1) is 31.5 Å². The van der Waals surface area contributed by atoms with Crippen LogP contribution in [0.25, 0.3) is 6.08 Å². The molecule has 0 saturated carbocycles. The van der Waals surface area contributed by atoms with Gasteiger partial charge in [0.2, 0.25) is 0 Å². The highest BCUT2D eigenvalue weighted by Crippen LogP contribution is 2.44. The zero-order valence-corrected chi connectivity index (χ0v) is 22.4. The Bertz CT molecular complexity index is 1490. The zero-order chi connectivity index (χ0) is 28.1. The molecule has 3 aromatic rings. The Hall–Kier alpha value is -4.70. The monoisotopic (exact) mass is 546 g/mol. The average Bonchev–Trinajstić information content (AvgIpc) is 3.46. The molecule has 4 rings (SSSR count). The lowest BCUT2D eigenvalue weighted by Gasteiger charge is -2.25. The number of amides is 1. The zero-order valence-electron chi connectivity index (χ0n) is 21.5. The smallest absolute Gasteiger partial charge is 0.350 e. The molecule has 39 heavy (non-hydrogen) atoms. The minimum atomic E-state index is -1.06. The number of nitrogens with zero attached hydrogens (tertiary/aromatic N) is 2. The number of esters is 1. The van der Waals surface area contributed by atoms with Crippen LogP contribution in [0.4, 0.5) is 5.13 Å². The Labute approximate surface area is 229 Å². The third kappa shape index (κ3) is 5.46. The lowest BCUT2D eigenvalue weighted by Crippen LogP contribution is -2.30. The third-order valence-electron chi connectivity index (χ3n) is 5.93. The van der Waals surface area contributed by atoms with Crippen LogP contribution in [0.5, 0.6) is 11.5 Å². The number of benzene rings is 2. The maximum Gasteiger partial charge on any atom is 0.350 e. The van der Waals surface area contributed by atoms with Gasteiger partial charge in [-0.15, -0.1) is 0 Å². The van der Waals surface area contributed by atoms with Gasteiger partial charge in [0, 0.05) is 0 Å². The third-order valence-corrected chi connectivity index (χ3v) is 7.07. The molecule has 1 atom stereocenters. The van der Waals surface area contributed by atoms with Crippen molar-refractivity contribution in [3.63, 3.8) is 0 Å². The summed E-state index contributed by atoms with van der Waals surface area (Å²) >= 11 is 0.923. The van der Waals surface area contributed by atoms with E-state index in [0.717, 1.165) is 16.9 Å². The van der Waals surface area contributed by atoms with Gasteiger partial charge < -0.3 is 19.3 Å². The van der Waals surface area contributed by atoms with Crippen LogP contribution in [0.1, 0.15) is 32.5 Å². The van der Waals surface area contributed by atoms with Crippen molar-refractivity contribution in [3.8, 4) is 11.5 Å². The molecular formula is C29H26N2O7S. The van der Waals surface area contributed by atoms with Gasteiger partial charge in [-0.3, -0.25) is 14.5 Å². The van der Waals surface area contributed by atoms with E-state index in [1.165, 1.54) is 31.3 Å². The van der Waals surface area contributed by atoms with Crippen molar-refractivity contribution in [2.24, 2.45) is 0 Å². The fourth-order valence-corrected chi connectivity index (χ4v) is 5.08. The van der Waals surface area contributed by atoms with Crippen LogP contribution in [0.2, 0.25) is 0 Å². The predicted octanol–water partition coefficient (Wildman–Crippen LogP) is 4.99. The predicted molar refractivity (Wildman–Crippen MR) is 147 cm³/mol. The van der Waals surface area contributed by atoms with Gasteiger partial charge in [-0.25, -0.2) is 9.78 Å². The van der Waals surface area contributed by atoms with Crippen LogP contribution in [0, 0.1) is 6.92 Å². The fraction of sp³-hybridized carbons (Fsp3) is 0.172. The summed E-state index contributed by atoms with van der Waals surface area (Å²) in [6.45, 7) is 5.15. The summed E-state index contributed by atoms with van der Waals surface area (Å²) in [6.07, 6.45) is 4.34. The molecule has 2 aromatic carbocycles. The molecule has 1 aliphatic rings. The number of methoxy groups -OCH3 is 2. The SMILES string of the molecule is C=CCOC(=O)c1sc(N2C(=O)C(O)=C(C(=O)/C=C/c3ccccc3)[C@@H]2c2ccc(OC)c(OC)c2)nc1C. The van der Waals surface area contributed by atoms with Gasteiger partial charge in [-0.2, -0.15) is 0 Å². The Morgan fingerprint density at radius 2 is 1.85 bits per heavy atom. The molecule has 0 unspecified atom stereocenters. The number of aliphatic hydroxyl groups is 1. The molecule has 0 radical (unpaired) electrons. The number of carbonyl (C=O) groups excluding carboxylic acids is 3. The number of ketones is 1. The molecule has 0 saturated heterocycles. The summed E-state index contributed by atoms with van der Waals surface area (Å²) in [7, 11) is 2.95. The number of aromatic nitrogens is 1. The van der Waals surface area contributed by atoms with E-state index in [9.17, 15) is 19.5 Å². The van der Waals surface area contributed by atoms with E-state index in [1.54, 1.807) is 31.2 Å². The van der Waals surface area contributed by atoms with Gasteiger partial charge >= 0.3 is 5.97 Å². The second kappa shape index (κ2) is 11.8. The van der Waals surface area contributed by atoms with Crippen molar-refractivity contribution in [3.05, 3.63) is 100 Å². The van der Waals surface area contributed by atoms with Crippen LogP contribution in [-0.2, 0) is 14.3 Å². The number of rotatable bonds is 10. The molecule has 10 heteroatoms. The highest BCUT2D eigenvalue weighted by atomic mass is 32.1. The number of aliphatic hydroxyl groups excluding tert-OH is 1. The highest BCUT2D eigenvalue weighted by Gasteiger charge is 2.45. The number of aryl methyl sites for hydroxylation is 1. The number of ether oxygens (including phenoxy) is 3. The number of anilines is 1. The topological polar surface area (TPSA) is 115 Å². The molecule has 1 N–H and O–H groups in total. The number of hydrogen-bond donors (Lipinski definition) is 1. The van der Waals surface area contributed by atoms with Crippen molar-refractivity contribution < 1.29 is 33.7 Å². The molecule has 9 nitrogen and oxygen atoms in total. The number of hydrogen-bond acceptors (Lipinski definition) is 9. The molecule has 1 aromatic heterocycles. The molecule has 200 valence electrons. The summed E-state index contributed by atoms with van der Waals surface area (Å²) in [6, 6.07) is 13.0. The maximum atomic E-state index is 13.5. The summed E-state index contributed by atoms with van der Waals surface area (Å²) in [5.74, 6) is -1.91. The fourth-order valence-electron chi connectivity index (χ4n) is 4.09. The second-order valence-corrected chi connectivity index (χ2v) is 9.34. The maximum absolute atomic E-state index is 13.5. The Balaban J connectivity index is 1.82. The van der Waals surface area contributed by atoms with E-state index in [0.29, 0.717) is 22.8 Å². The van der Waals surface area contributed by atoms with Crippen LogP contribution in [0.3, 0.4) is 0 Å². The molecule has 0 fully saturated rings. The van der Waals surface area contributed by atoms with E-state index >= 15 is 0 Å². The van der Waals surface area contributed by atoms with Crippen LogP contribution in [-0.4, -0.2) is 48.6 Å². The Morgan fingerprint density at radius 3 is 2.51 bits per heavy atom. The molecule has 2 heterocycles. The average molecular weight is 547 g/mol. The van der Waals surface area contributed by atoms with Crippen LogP contribution < -0.4 is 14.4 Å². The summed E-state index contributed by atoms with van der Waals surface area (Å²) in [5, 5.41) is 11.1. The van der Waals surface area contributed by atoms with Gasteiger partial charge in [-0.05, 0) is 36.3 Å². The van der Waals surface area contributed by atoms with Gasteiger partial charge in [0.15, 0.2) is 28.2 Å². The first kappa shape index (κ1) is 27.3. The van der Waals surface area contributed by atoms with E-state index in [4.69, 9.17) is 14.2 Å². The molecule has 0 bridgehead atoms. The largest absolute Gasteiger partial charge is 0.503 e. The standard InChI is InChI=1S/C29H26N2O7S/c1-5-15-38-28(35)26-17(2)30-29(39-26)31-24(19-12-14-21(36-3)22(16-19)37-4)23(25(33)27(31)34)20(32)13-11-18-9-7-6-8-10-18/h5-14,16,24,33H,1,15H2,2-4H3/b13-11+/t24-/m0/s1. The minimum Gasteiger partial charge on any atom is -0.503 e. The summed E-state index contributed by atoms with van der Waals surface area (Å²) < 4.78 is 15.9. The first-order chi connectivity index (χ1) is 18.8. The van der Waals surface area contributed by atoms with Gasteiger partial charge in [0.25, 0.3) is 5.91 Å². The van der Waals surface area contributed by atoms with Crippen molar-refractivity contribution in [2.75, 3.05) is 25.7 Å². The normalized spacial score (nSPS) is 15.1. The molecule has 0 aliphatic carbocycles. The van der Waals surface area contributed by atoms with Crippen LogP contribution in [0.15, 0.2) is 78.6 Å². The second-order valence-electron chi connectivity index (χ2n) is 8.36. The van der Waals surface area contributed by atoms with E-state index in [1.807, 2.05) is 30.3 Å². The first-order valence-corrected chi connectivity index (χ1v) is 12.6. The number of carbonyl (C=O) groups is 3.